The van der Waals surface area contributed by atoms with Crippen LogP contribution in [0.25, 0.3) is 10.9 Å². The van der Waals surface area contributed by atoms with E-state index in [2.05, 4.69) is 20.0 Å². The molecule has 0 atom stereocenters. The van der Waals surface area contributed by atoms with Crippen LogP contribution in [0.15, 0.2) is 60.0 Å². The van der Waals surface area contributed by atoms with E-state index in [-0.39, 0.29) is 0 Å². The highest BCUT2D eigenvalue weighted by molar-refractivity contribution is 5.96. The zero-order valence-electron chi connectivity index (χ0n) is 15.2. The van der Waals surface area contributed by atoms with E-state index >= 15 is 0 Å². The van der Waals surface area contributed by atoms with Crippen molar-refractivity contribution in [2.45, 2.75) is 25.9 Å². The van der Waals surface area contributed by atoms with E-state index in [1.54, 1.807) is 12.4 Å². The van der Waals surface area contributed by atoms with Crippen LogP contribution in [0.5, 0.6) is 0 Å². The molecule has 3 aromatic rings. The van der Waals surface area contributed by atoms with Gasteiger partial charge in [0, 0.05) is 42.0 Å². The number of aromatic nitrogens is 2. The number of oxime groups is 1. The van der Waals surface area contributed by atoms with Gasteiger partial charge in [-0.1, -0.05) is 29.4 Å². The minimum atomic E-state index is 0.314. The lowest BCUT2D eigenvalue weighted by molar-refractivity contribution is 0.131. The average Bonchev–Trinajstić information content (AvgIpc) is 2.74. The van der Waals surface area contributed by atoms with Crippen molar-refractivity contribution >= 4 is 22.6 Å². The maximum Gasteiger partial charge on any atom is 0.171 e. The summed E-state index contributed by atoms with van der Waals surface area (Å²) in [5.41, 5.74) is 8.71. The highest BCUT2D eigenvalue weighted by Crippen LogP contribution is 2.18. The summed E-state index contributed by atoms with van der Waals surface area (Å²) < 4.78 is 0. The minimum Gasteiger partial charge on any atom is -0.389 e. The number of benzene rings is 1. The Morgan fingerprint density at radius 2 is 1.89 bits per heavy atom. The number of para-hydroxylation sites is 1. The zero-order chi connectivity index (χ0) is 18.5. The molecule has 1 saturated heterocycles. The summed E-state index contributed by atoms with van der Waals surface area (Å²) in [4.78, 5) is 16.7. The quantitative estimate of drug-likeness (QED) is 0.428. The largest absolute Gasteiger partial charge is 0.389 e. The van der Waals surface area contributed by atoms with E-state index in [9.17, 15) is 0 Å². The lowest BCUT2D eigenvalue weighted by Crippen LogP contribution is -2.30. The third-order valence-corrected chi connectivity index (χ3v) is 4.82. The van der Waals surface area contributed by atoms with Gasteiger partial charge < -0.3 is 15.5 Å². The molecule has 6 heteroatoms. The van der Waals surface area contributed by atoms with Crippen molar-refractivity contribution in [2.24, 2.45) is 10.9 Å². The van der Waals surface area contributed by atoms with Crippen LogP contribution in [-0.4, -0.2) is 28.9 Å². The van der Waals surface area contributed by atoms with Gasteiger partial charge in [0.25, 0.3) is 0 Å². The Kier molecular flexibility index (Phi) is 5.14. The highest BCUT2D eigenvalue weighted by atomic mass is 16.6. The van der Waals surface area contributed by atoms with E-state index in [4.69, 9.17) is 10.6 Å². The monoisotopic (exact) mass is 361 g/mol. The van der Waals surface area contributed by atoms with Crippen LogP contribution < -0.4 is 10.6 Å². The molecule has 0 unspecified atom stereocenters. The van der Waals surface area contributed by atoms with Crippen molar-refractivity contribution in [3.8, 4) is 0 Å². The molecule has 1 aliphatic heterocycles. The van der Waals surface area contributed by atoms with Gasteiger partial charge in [0.1, 0.15) is 12.4 Å². The molecule has 1 fully saturated rings. The van der Waals surface area contributed by atoms with Crippen molar-refractivity contribution in [1.82, 2.24) is 9.97 Å². The van der Waals surface area contributed by atoms with Crippen LogP contribution in [0.2, 0.25) is 0 Å². The molecule has 0 amide bonds. The predicted octanol–water partition coefficient (Wildman–Crippen LogP) is 3.46. The molecule has 0 saturated carbocycles. The van der Waals surface area contributed by atoms with Gasteiger partial charge in [-0.3, -0.25) is 4.98 Å². The van der Waals surface area contributed by atoms with E-state index in [1.165, 1.54) is 19.3 Å². The fourth-order valence-corrected chi connectivity index (χ4v) is 3.36. The van der Waals surface area contributed by atoms with Gasteiger partial charge in [0.2, 0.25) is 0 Å². The normalized spacial score (nSPS) is 15.1. The molecule has 2 aromatic heterocycles. The standard InChI is InChI=1S/C21H23N5O/c22-21(17-9-10-19(24-14-17)26-12-2-1-3-13-26)25-27-15-18-7-4-6-16-8-5-11-23-20(16)18/h4-11,14H,1-3,12-13,15H2,(H2,22,25). The number of piperidine rings is 1. The second-order valence-electron chi connectivity index (χ2n) is 6.70. The molecular formula is C21H23N5O. The number of amidine groups is 1. The van der Waals surface area contributed by atoms with Crippen molar-refractivity contribution in [1.29, 1.82) is 0 Å². The molecule has 1 aromatic carbocycles. The molecule has 0 aliphatic carbocycles. The van der Waals surface area contributed by atoms with E-state index in [1.807, 2.05) is 42.5 Å². The van der Waals surface area contributed by atoms with Crippen LogP contribution in [-0.2, 0) is 11.4 Å². The van der Waals surface area contributed by atoms with Gasteiger partial charge in [-0.25, -0.2) is 4.98 Å². The Morgan fingerprint density at radius 3 is 2.70 bits per heavy atom. The molecule has 6 nitrogen and oxygen atoms in total. The molecule has 0 bridgehead atoms. The van der Waals surface area contributed by atoms with Gasteiger partial charge >= 0.3 is 0 Å². The number of nitrogens with two attached hydrogens (primary N) is 1. The summed E-state index contributed by atoms with van der Waals surface area (Å²) in [6, 6.07) is 13.9. The van der Waals surface area contributed by atoms with Gasteiger partial charge in [0.15, 0.2) is 5.84 Å². The number of hydrogen-bond acceptors (Lipinski definition) is 5. The van der Waals surface area contributed by atoms with Crippen molar-refractivity contribution in [3.05, 3.63) is 66.0 Å². The molecule has 138 valence electrons. The Balaban J connectivity index is 1.41. The lowest BCUT2D eigenvalue weighted by atomic mass is 10.1. The topological polar surface area (TPSA) is 76.6 Å². The summed E-state index contributed by atoms with van der Waals surface area (Å²) in [7, 11) is 0. The van der Waals surface area contributed by atoms with Crippen molar-refractivity contribution in [2.75, 3.05) is 18.0 Å². The molecule has 0 spiro atoms. The second-order valence-corrected chi connectivity index (χ2v) is 6.70. The molecule has 1 aliphatic rings. The first-order valence-corrected chi connectivity index (χ1v) is 9.31. The van der Waals surface area contributed by atoms with Crippen molar-refractivity contribution < 1.29 is 4.84 Å². The van der Waals surface area contributed by atoms with Crippen molar-refractivity contribution in [3.63, 3.8) is 0 Å². The van der Waals surface area contributed by atoms with Crippen LogP contribution >= 0.6 is 0 Å². The van der Waals surface area contributed by atoms with Gasteiger partial charge in [-0.15, -0.1) is 0 Å². The number of nitrogens with zero attached hydrogens (tertiary/aromatic N) is 4. The van der Waals surface area contributed by atoms with Gasteiger partial charge in [-0.05, 0) is 37.5 Å². The maximum absolute atomic E-state index is 6.06. The lowest BCUT2D eigenvalue weighted by Gasteiger charge is -2.27. The van der Waals surface area contributed by atoms with Crippen LogP contribution in [0.3, 0.4) is 0 Å². The van der Waals surface area contributed by atoms with E-state index in [0.717, 1.165) is 40.9 Å². The first-order valence-electron chi connectivity index (χ1n) is 9.31. The third-order valence-electron chi connectivity index (χ3n) is 4.82. The maximum atomic E-state index is 6.06. The first-order chi connectivity index (χ1) is 13.3. The second kappa shape index (κ2) is 8.03. The number of rotatable bonds is 5. The number of anilines is 1. The summed E-state index contributed by atoms with van der Waals surface area (Å²) >= 11 is 0. The summed E-state index contributed by atoms with van der Waals surface area (Å²) in [5.74, 6) is 1.31. The summed E-state index contributed by atoms with van der Waals surface area (Å²) in [6.07, 6.45) is 7.29. The highest BCUT2D eigenvalue weighted by Gasteiger charge is 2.12. The molecule has 0 radical (unpaired) electrons. The molecule has 4 rings (SSSR count). The Hall–Kier alpha value is -3.15. The van der Waals surface area contributed by atoms with Crippen LogP contribution in [0, 0.1) is 0 Å². The Morgan fingerprint density at radius 1 is 1.04 bits per heavy atom. The molecule has 3 heterocycles. The van der Waals surface area contributed by atoms with Crippen LogP contribution in [0.1, 0.15) is 30.4 Å². The first kappa shape index (κ1) is 17.3. The van der Waals surface area contributed by atoms with Gasteiger partial charge in [-0.2, -0.15) is 0 Å². The average molecular weight is 361 g/mol. The third kappa shape index (κ3) is 4.00. The number of pyridine rings is 2. The Bertz CT molecular complexity index is 927. The fourth-order valence-electron chi connectivity index (χ4n) is 3.36. The predicted molar refractivity (Wildman–Crippen MR) is 108 cm³/mol. The zero-order valence-corrected chi connectivity index (χ0v) is 15.2. The molecule has 27 heavy (non-hydrogen) atoms. The van der Waals surface area contributed by atoms with E-state index in [0.29, 0.717) is 12.4 Å². The number of hydrogen-bond donors (Lipinski definition) is 1. The van der Waals surface area contributed by atoms with Gasteiger partial charge in [0.05, 0.1) is 5.52 Å². The summed E-state index contributed by atoms with van der Waals surface area (Å²) in [5, 5.41) is 5.13. The minimum absolute atomic E-state index is 0.314. The molecule has 2 N–H and O–H groups in total. The van der Waals surface area contributed by atoms with E-state index < -0.39 is 0 Å². The Labute approximate surface area is 158 Å². The SMILES string of the molecule is N/C(=N/OCc1cccc2cccnc12)c1ccc(N2CCCCC2)nc1. The smallest absolute Gasteiger partial charge is 0.171 e. The summed E-state index contributed by atoms with van der Waals surface area (Å²) in [6.45, 7) is 2.45. The number of fused-ring (bicyclic) bond motifs is 1. The molecular weight excluding hydrogens is 338 g/mol. The fraction of sp³-hybridized carbons (Fsp3) is 0.286. The van der Waals surface area contributed by atoms with Crippen LogP contribution in [0.4, 0.5) is 5.82 Å².